The Hall–Kier alpha value is -2.09. The Kier molecular flexibility index (Phi) is 4.74. The van der Waals surface area contributed by atoms with Crippen LogP contribution < -0.4 is 5.73 Å². The van der Waals surface area contributed by atoms with Crippen molar-refractivity contribution in [3.63, 3.8) is 0 Å². The number of carbonyl (C=O) groups is 1. The van der Waals surface area contributed by atoms with E-state index in [1.54, 1.807) is 30.9 Å². The van der Waals surface area contributed by atoms with Crippen LogP contribution in [0.15, 0.2) is 18.2 Å². The summed E-state index contributed by atoms with van der Waals surface area (Å²) < 4.78 is 41.2. The predicted octanol–water partition coefficient (Wildman–Crippen LogP) is 3.84. The lowest BCUT2D eigenvalue weighted by Crippen LogP contribution is -2.53. The molecule has 1 aliphatic rings. The van der Waals surface area contributed by atoms with Gasteiger partial charge in [0.05, 0.1) is 11.0 Å². The molecule has 8 heteroatoms. The van der Waals surface area contributed by atoms with Crippen LogP contribution in [-0.2, 0) is 6.18 Å². The minimum atomic E-state index is -4.56. The molecular formula is C19H25F3N4O. The molecule has 1 aliphatic heterocycles. The highest BCUT2D eigenvalue weighted by atomic mass is 19.4. The van der Waals surface area contributed by atoms with Crippen molar-refractivity contribution in [2.75, 3.05) is 13.1 Å². The molecule has 0 aliphatic carbocycles. The van der Waals surface area contributed by atoms with Crippen LogP contribution in [-0.4, -0.2) is 39.5 Å². The molecule has 1 fully saturated rings. The Balaban J connectivity index is 1.99. The number of rotatable bonds is 2. The monoisotopic (exact) mass is 382 g/mol. The van der Waals surface area contributed by atoms with Crippen molar-refractivity contribution in [3.05, 3.63) is 29.6 Å². The van der Waals surface area contributed by atoms with Crippen molar-refractivity contribution in [3.8, 4) is 0 Å². The Bertz CT molecular complexity index is 870. The number of hydrogen-bond acceptors (Lipinski definition) is 3. The van der Waals surface area contributed by atoms with Gasteiger partial charge in [-0.1, -0.05) is 13.8 Å². The molecule has 0 spiro atoms. The number of nitrogens with two attached hydrogens (primary N) is 1. The van der Waals surface area contributed by atoms with Gasteiger partial charge >= 0.3 is 6.18 Å². The number of benzene rings is 1. The molecule has 3 rings (SSSR count). The predicted molar refractivity (Wildman–Crippen MR) is 97.4 cm³/mol. The van der Waals surface area contributed by atoms with Crippen LogP contribution in [0.25, 0.3) is 11.0 Å². The highest BCUT2D eigenvalue weighted by molar-refractivity contribution is 5.97. The standard InChI is InChI=1S/C19H25F3N4O/c1-11(2)26-14-6-5-12(9-13(14)24-17(26)19(20,21)22)16(27)25-8-7-15(23)18(3,4)10-25/h5-6,9,11,15H,7-8,10,23H2,1-4H3. The number of aromatic nitrogens is 2. The maximum absolute atomic E-state index is 13.3. The van der Waals surface area contributed by atoms with E-state index in [1.807, 2.05) is 13.8 Å². The fraction of sp³-hybridized carbons (Fsp3) is 0.579. The molecule has 148 valence electrons. The first kappa shape index (κ1) is 19.7. The number of halogens is 3. The fourth-order valence-electron chi connectivity index (χ4n) is 3.68. The normalized spacial score (nSPS) is 20.5. The first-order valence-corrected chi connectivity index (χ1v) is 9.06. The van der Waals surface area contributed by atoms with E-state index < -0.39 is 18.0 Å². The molecule has 2 heterocycles. The van der Waals surface area contributed by atoms with Crippen LogP contribution in [0, 0.1) is 5.41 Å². The minimum absolute atomic E-state index is 0.0140. The highest BCUT2D eigenvalue weighted by Gasteiger charge is 2.39. The van der Waals surface area contributed by atoms with E-state index in [2.05, 4.69) is 4.98 Å². The molecule has 2 aromatic rings. The maximum atomic E-state index is 13.3. The molecule has 27 heavy (non-hydrogen) atoms. The zero-order valence-corrected chi connectivity index (χ0v) is 16.0. The van der Waals surface area contributed by atoms with Gasteiger partial charge in [-0.2, -0.15) is 13.2 Å². The second kappa shape index (κ2) is 6.51. The van der Waals surface area contributed by atoms with Crippen molar-refractivity contribution in [1.29, 1.82) is 0 Å². The Morgan fingerprint density at radius 1 is 1.33 bits per heavy atom. The van der Waals surface area contributed by atoms with Crippen molar-refractivity contribution in [2.45, 2.75) is 52.4 Å². The van der Waals surface area contributed by atoms with Crippen LogP contribution in [0.5, 0.6) is 0 Å². The molecule has 1 unspecified atom stereocenters. The third-order valence-corrected chi connectivity index (χ3v) is 5.31. The average molecular weight is 382 g/mol. The minimum Gasteiger partial charge on any atom is -0.338 e. The second-order valence-electron chi connectivity index (χ2n) is 8.21. The summed E-state index contributed by atoms with van der Waals surface area (Å²) >= 11 is 0. The topological polar surface area (TPSA) is 64.2 Å². The number of alkyl halides is 3. The van der Waals surface area contributed by atoms with E-state index in [0.717, 1.165) is 4.57 Å². The van der Waals surface area contributed by atoms with Crippen molar-refractivity contribution < 1.29 is 18.0 Å². The second-order valence-corrected chi connectivity index (χ2v) is 8.21. The summed E-state index contributed by atoms with van der Waals surface area (Å²) in [5.74, 6) is -1.15. The zero-order valence-electron chi connectivity index (χ0n) is 16.0. The Labute approximate surface area is 156 Å². The van der Waals surface area contributed by atoms with E-state index in [9.17, 15) is 18.0 Å². The fourth-order valence-corrected chi connectivity index (χ4v) is 3.68. The van der Waals surface area contributed by atoms with Gasteiger partial charge in [0.25, 0.3) is 5.91 Å². The molecule has 1 aromatic heterocycles. The van der Waals surface area contributed by atoms with Gasteiger partial charge in [0.1, 0.15) is 0 Å². The number of amides is 1. The lowest BCUT2D eigenvalue weighted by atomic mass is 9.79. The lowest BCUT2D eigenvalue weighted by molar-refractivity contribution is -0.147. The molecule has 2 N–H and O–H groups in total. The van der Waals surface area contributed by atoms with Gasteiger partial charge < -0.3 is 15.2 Å². The van der Waals surface area contributed by atoms with Gasteiger partial charge in [-0.3, -0.25) is 4.79 Å². The summed E-state index contributed by atoms with van der Waals surface area (Å²) in [6, 6.07) is 4.18. The van der Waals surface area contributed by atoms with Crippen molar-refractivity contribution in [1.82, 2.24) is 14.5 Å². The Morgan fingerprint density at radius 3 is 2.56 bits per heavy atom. The maximum Gasteiger partial charge on any atom is 0.449 e. The number of likely N-dealkylation sites (tertiary alicyclic amines) is 1. The van der Waals surface area contributed by atoms with Crippen LogP contribution in [0.3, 0.4) is 0 Å². The number of piperidine rings is 1. The summed E-state index contributed by atoms with van der Waals surface area (Å²) in [7, 11) is 0. The third-order valence-electron chi connectivity index (χ3n) is 5.31. The Morgan fingerprint density at radius 2 is 2.00 bits per heavy atom. The smallest absolute Gasteiger partial charge is 0.338 e. The van der Waals surface area contributed by atoms with Crippen LogP contribution in [0.4, 0.5) is 13.2 Å². The summed E-state index contributed by atoms with van der Waals surface area (Å²) in [6.07, 6.45) is -3.86. The molecule has 0 radical (unpaired) electrons. The first-order chi connectivity index (χ1) is 12.4. The van der Waals surface area contributed by atoms with E-state index in [4.69, 9.17) is 5.73 Å². The largest absolute Gasteiger partial charge is 0.449 e. The van der Waals surface area contributed by atoms with E-state index >= 15 is 0 Å². The number of nitrogens with zero attached hydrogens (tertiary/aromatic N) is 3. The van der Waals surface area contributed by atoms with Gasteiger partial charge in [-0.25, -0.2) is 4.98 Å². The average Bonchev–Trinajstić information content (AvgIpc) is 2.95. The SMILES string of the molecule is CC(C)n1c(C(F)(F)F)nc2cc(C(=O)N3CCC(N)C(C)(C)C3)ccc21. The van der Waals surface area contributed by atoms with Gasteiger partial charge in [0.15, 0.2) is 0 Å². The molecule has 1 amide bonds. The molecule has 1 atom stereocenters. The molecule has 1 aromatic carbocycles. The number of fused-ring (bicyclic) bond motifs is 1. The van der Waals surface area contributed by atoms with E-state index in [-0.39, 0.29) is 22.9 Å². The quantitative estimate of drug-likeness (QED) is 0.858. The van der Waals surface area contributed by atoms with Gasteiger partial charge in [-0.05, 0) is 43.9 Å². The zero-order chi connectivity index (χ0) is 20.1. The number of imidazole rings is 1. The lowest BCUT2D eigenvalue weighted by Gasteiger charge is -2.42. The molecular weight excluding hydrogens is 357 g/mol. The number of hydrogen-bond donors (Lipinski definition) is 1. The van der Waals surface area contributed by atoms with E-state index in [1.165, 1.54) is 6.07 Å². The molecule has 0 saturated carbocycles. The van der Waals surface area contributed by atoms with Gasteiger partial charge in [-0.15, -0.1) is 0 Å². The summed E-state index contributed by atoms with van der Waals surface area (Å²) in [5.41, 5.74) is 6.80. The van der Waals surface area contributed by atoms with Gasteiger partial charge in [0.2, 0.25) is 5.82 Å². The summed E-state index contributed by atoms with van der Waals surface area (Å²) in [4.78, 5) is 18.4. The third kappa shape index (κ3) is 3.54. The van der Waals surface area contributed by atoms with Gasteiger partial charge in [0, 0.05) is 30.7 Å². The summed E-state index contributed by atoms with van der Waals surface area (Å²) in [5, 5.41) is 0. The highest BCUT2D eigenvalue weighted by Crippen LogP contribution is 2.34. The van der Waals surface area contributed by atoms with Crippen molar-refractivity contribution >= 4 is 16.9 Å². The molecule has 5 nitrogen and oxygen atoms in total. The summed E-state index contributed by atoms with van der Waals surface area (Å²) in [6.45, 7) is 8.43. The van der Waals surface area contributed by atoms with E-state index in [0.29, 0.717) is 30.6 Å². The number of carbonyl (C=O) groups excluding carboxylic acids is 1. The molecule has 1 saturated heterocycles. The van der Waals surface area contributed by atoms with Crippen LogP contribution in [0.2, 0.25) is 0 Å². The van der Waals surface area contributed by atoms with Crippen LogP contribution in [0.1, 0.15) is 56.3 Å². The first-order valence-electron chi connectivity index (χ1n) is 9.06. The van der Waals surface area contributed by atoms with Crippen molar-refractivity contribution in [2.24, 2.45) is 11.1 Å². The molecule has 0 bridgehead atoms. The van der Waals surface area contributed by atoms with Crippen LogP contribution >= 0.6 is 0 Å².